The fraction of sp³-hybridized carbons (Fsp3) is 0.579. The van der Waals surface area contributed by atoms with Crippen molar-refractivity contribution in [2.45, 2.75) is 46.1 Å². The van der Waals surface area contributed by atoms with Gasteiger partial charge in [0, 0.05) is 17.9 Å². The molecule has 0 N–H and O–H groups in total. The highest BCUT2D eigenvalue weighted by molar-refractivity contribution is 5.90. The first-order chi connectivity index (χ1) is 10.9. The summed E-state index contributed by atoms with van der Waals surface area (Å²) >= 11 is 0. The van der Waals surface area contributed by atoms with Crippen LogP contribution < -0.4 is 0 Å². The number of esters is 2. The predicted molar refractivity (Wildman–Crippen MR) is 88.5 cm³/mol. The molecule has 0 bridgehead atoms. The maximum atomic E-state index is 11.8. The molecule has 1 aliphatic carbocycles. The van der Waals surface area contributed by atoms with Gasteiger partial charge in [0.15, 0.2) is 0 Å². The molecule has 1 heterocycles. The summed E-state index contributed by atoms with van der Waals surface area (Å²) in [6, 6.07) is 0. The molecule has 4 heteroatoms. The van der Waals surface area contributed by atoms with Crippen LogP contribution in [0.15, 0.2) is 36.0 Å². The molecule has 4 nitrogen and oxygen atoms in total. The van der Waals surface area contributed by atoms with Crippen molar-refractivity contribution in [1.29, 1.82) is 0 Å². The fourth-order valence-corrected chi connectivity index (χ4v) is 2.90. The van der Waals surface area contributed by atoms with Crippen LogP contribution in [0.1, 0.15) is 40.0 Å². The van der Waals surface area contributed by atoms with Crippen LogP contribution in [0.2, 0.25) is 0 Å². The molecule has 1 fully saturated rings. The van der Waals surface area contributed by atoms with Gasteiger partial charge in [0.25, 0.3) is 0 Å². The highest BCUT2D eigenvalue weighted by Gasteiger charge is 2.38. The van der Waals surface area contributed by atoms with Crippen LogP contribution in [0, 0.1) is 17.8 Å². The highest BCUT2D eigenvalue weighted by atomic mass is 16.6. The number of fused-ring (bicyclic) bond motifs is 1. The van der Waals surface area contributed by atoms with Crippen molar-refractivity contribution < 1.29 is 19.1 Å². The number of carbonyl (C=O) groups excluding carboxylic acids is 2. The lowest BCUT2D eigenvalue weighted by Gasteiger charge is -2.21. The lowest BCUT2D eigenvalue weighted by molar-refractivity contribution is -0.146. The summed E-state index contributed by atoms with van der Waals surface area (Å²) in [5.74, 6) is -0.181. The SMILES string of the molecule is C=C1C(=O)OC2CC(COC(=O)C(C)C)=CC=CC(C)CCC12. The molecule has 2 aliphatic rings. The number of hydrogen-bond acceptors (Lipinski definition) is 4. The standard InChI is InChI=1S/C19H26O4/c1-12(2)18(20)22-11-15-7-5-6-13(3)8-9-16-14(4)19(21)23-17(16)10-15/h5-7,12-13,16-17H,4,8-11H2,1-3H3. The molecule has 1 aliphatic heterocycles. The second-order valence-corrected chi connectivity index (χ2v) is 6.81. The van der Waals surface area contributed by atoms with Crippen LogP contribution in [0.4, 0.5) is 0 Å². The lowest BCUT2D eigenvalue weighted by Crippen LogP contribution is -2.21. The van der Waals surface area contributed by atoms with Gasteiger partial charge in [0.05, 0.1) is 5.92 Å². The molecule has 126 valence electrons. The minimum atomic E-state index is -0.293. The number of ether oxygens (including phenoxy) is 2. The third-order valence-corrected chi connectivity index (χ3v) is 4.46. The van der Waals surface area contributed by atoms with Gasteiger partial charge in [-0.3, -0.25) is 4.79 Å². The van der Waals surface area contributed by atoms with Crippen LogP contribution >= 0.6 is 0 Å². The van der Waals surface area contributed by atoms with Gasteiger partial charge in [-0.1, -0.05) is 45.6 Å². The molecule has 0 aromatic heterocycles. The summed E-state index contributed by atoms with van der Waals surface area (Å²) in [4.78, 5) is 23.5. The Morgan fingerprint density at radius 3 is 2.87 bits per heavy atom. The lowest BCUT2D eigenvalue weighted by atomic mass is 9.85. The van der Waals surface area contributed by atoms with E-state index in [4.69, 9.17) is 9.47 Å². The van der Waals surface area contributed by atoms with Gasteiger partial charge in [-0.05, 0) is 24.3 Å². The Labute approximate surface area is 138 Å². The molecule has 0 aromatic rings. The minimum absolute atomic E-state index is 0.0562. The van der Waals surface area contributed by atoms with Gasteiger partial charge in [0.2, 0.25) is 0 Å². The average Bonchev–Trinajstić information content (AvgIpc) is 2.76. The summed E-state index contributed by atoms with van der Waals surface area (Å²) in [5.41, 5.74) is 1.53. The number of carbonyl (C=O) groups is 2. The average molecular weight is 318 g/mol. The Bertz CT molecular complexity index is 542. The number of rotatable bonds is 3. The molecule has 0 spiro atoms. The van der Waals surface area contributed by atoms with Gasteiger partial charge < -0.3 is 9.47 Å². The van der Waals surface area contributed by atoms with Crippen molar-refractivity contribution in [2.24, 2.45) is 17.8 Å². The minimum Gasteiger partial charge on any atom is -0.461 e. The van der Waals surface area contributed by atoms with Crippen LogP contribution in [0.25, 0.3) is 0 Å². The highest BCUT2D eigenvalue weighted by Crippen LogP contribution is 2.35. The molecule has 0 aromatic carbocycles. The Morgan fingerprint density at radius 2 is 2.17 bits per heavy atom. The van der Waals surface area contributed by atoms with E-state index in [9.17, 15) is 9.59 Å². The summed E-state index contributed by atoms with van der Waals surface area (Å²) in [5, 5.41) is 0. The van der Waals surface area contributed by atoms with Gasteiger partial charge in [-0.2, -0.15) is 0 Å². The molecule has 2 rings (SSSR count). The van der Waals surface area contributed by atoms with Gasteiger partial charge >= 0.3 is 11.9 Å². The molecule has 3 unspecified atom stereocenters. The van der Waals surface area contributed by atoms with E-state index < -0.39 is 0 Å². The van der Waals surface area contributed by atoms with Crippen molar-refractivity contribution in [3.05, 3.63) is 36.0 Å². The molecule has 1 saturated heterocycles. The van der Waals surface area contributed by atoms with Crippen LogP contribution in [-0.4, -0.2) is 24.6 Å². The zero-order valence-electron chi connectivity index (χ0n) is 14.2. The van der Waals surface area contributed by atoms with Crippen molar-refractivity contribution in [3.63, 3.8) is 0 Å². The van der Waals surface area contributed by atoms with E-state index in [-0.39, 0.29) is 36.5 Å². The second-order valence-electron chi connectivity index (χ2n) is 6.81. The topological polar surface area (TPSA) is 52.6 Å². The third-order valence-electron chi connectivity index (χ3n) is 4.46. The number of allylic oxidation sites excluding steroid dienone is 3. The maximum absolute atomic E-state index is 11.8. The first kappa shape index (κ1) is 17.5. The van der Waals surface area contributed by atoms with Crippen molar-refractivity contribution in [2.75, 3.05) is 6.61 Å². The fourth-order valence-electron chi connectivity index (χ4n) is 2.90. The first-order valence-corrected chi connectivity index (χ1v) is 8.31. The molecular formula is C19H26O4. The summed E-state index contributed by atoms with van der Waals surface area (Å²) in [6.45, 7) is 9.91. The van der Waals surface area contributed by atoms with Crippen molar-refractivity contribution in [1.82, 2.24) is 0 Å². The Kier molecular flexibility index (Phi) is 5.80. The third kappa shape index (κ3) is 4.57. The molecule has 0 saturated carbocycles. The number of hydrogen-bond donors (Lipinski definition) is 0. The van der Waals surface area contributed by atoms with Gasteiger partial charge in [0.1, 0.15) is 12.7 Å². The predicted octanol–water partition coefficient (Wildman–Crippen LogP) is 3.59. The Morgan fingerprint density at radius 1 is 1.43 bits per heavy atom. The summed E-state index contributed by atoms with van der Waals surface area (Å²) < 4.78 is 10.8. The van der Waals surface area contributed by atoms with Gasteiger partial charge in [-0.25, -0.2) is 4.79 Å². The molecule has 0 radical (unpaired) electrons. The zero-order valence-corrected chi connectivity index (χ0v) is 14.2. The Balaban J connectivity index is 2.13. The van der Waals surface area contributed by atoms with Crippen LogP contribution in [0.3, 0.4) is 0 Å². The quantitative estimate of drug-likeness (QED) is 0.589. The van der Waals surface area contributed by atoms with E-state index >= 15 is 0 Å². The smallest absolute Gasteiger partial charge is 0.334 e. The molecule has 3 atom stereocenters. The molecule has 23 heavy (non-hydrogen) atoms. The van der Waals surface area contributed by atoms with Gasteiger partial charge in [-0.15, -0.1) is 0 Å². The van der Waals surface area contributed by atoms with Crippen LogP contribution in [0.5, 0.6) is 0 Å². The maximum Gasteiger partial charge on any atom is 0.334 e. The van der Waals surface area contributed by atoms with E-state index in [0.29, 0.717) is 17.9 Å². The van der Waals surface area contributed by atoms with E-state index in [1.54, 1.807) is 0 Å². The molecular weight excluding hydrogens is 292 g/mol. The first-order valence-electron chi connectivity index (χ1n) is 8.31. The van der Waals surface area contributed by atoms with E-state index in [2.05, 4.69) is 19.6 Å². The zero-order chi connectivity index (χ0) is 17.0. The van der Waals surface area contributed by atoms with Crippen molar-refractivity contribution >= 4 is 11.9 Å². The second kappa shape index (κ2) is 7.62. The molecule has 0 amide bonds. The monoisotopic (exact) mass is 318 g/mol. The van der Waals surface area contributed by atoms with E-state index in [0.717, 1.165) is 18.4 Å². The Hall–Kier alpha value is -1.84. The summed E-state index contributed by atoms with van der Waals surface area (Å²) in [7, 11) is 0. The van der Waals surface area contributed by atoms with E-state index in [1.165, 1.54) is 0 Å². The normalized spacial score (nSPS) is 28.2. The van der Waals surface area contributed by atoms with E-state index in [1.807, 2.05) is 26.0 Å². The summed E-state index contributed by atoms with van der Waals surface area (Å²) in [6.07, 6.45) is 8.40. The largest absolute Gasteiger partial charge is 0.461 e. The van der Waals surface area contributed by atoms with Crippen molar-refractivity contribution in [3.8, 4) is 0 Å². The van der Waals surface area contributed by atoms with Crippen LogP contribution in [-0.2, 0) is 19.1 Å².